The first-order valence-electron chi connectivity index (χ1n) is 8.38. The van der Waals surface area contributed by atoms with Crippen LogP contribution < -0.4 is 0 Å². The number of fused-ring (bicyclic) bond motifs is 1. The first-order chi connectivity index (χ1) is 13.7. The van der Waals surface area contributed by atoms with E-state index in [1.165, 1.54) is 12.1 Å². The third-order valence-corrected chi connectivity index (χ3v) is 8.98. The number of piperazine rings is 1. The number of halogens is 2. The normalized spacial score (nSPS) is 20.4. The monoisotopic (exact) mass is 460 g/mol. The molecule has 13 heteroatoms. The summed E-state index contributed by atoms with van der Waals surface area (Å²) < 4.78 is 89.0. The number of nitrogens with zero attached hydrogens (tertiary/aromatic N) is 4. The molecule has 0 N–H and O–H groups in total. The van der Waals surface area contributed by atoms with Gasteiger partial charge in [-0.25, -0.2) is 8.78 Å². The van der Waals surface area contributed by atoms with E-state index in [2.05, 4.69) is 8.75 Å². The number of aromatic nitrogens is 2. The average molecular weight is 461 g/mol. The Morgan fingerprint density at radius 2 is 1.41 bits per heavy atom. The van der Waals surface area contributed by atoms with Crippen molar-refractivity contribution in [1.82, 2.24) is 17.4 Å². The van der Waals surface area contributed by atoms with Crippen LogP contribution in [0.5, 0.6) is 0 Å². The molecule has 1 aliphatic heterocycles. The number of benzene rings is 2. The molecule has 0 bridgehead atoms. The fourth-order valence-electron chi connectivity index (χ4n) is 3.08. The topological polar surface area (TPSA) is 113 Å². The molecule has 2 aromatic carbocycles. The van der Waals surface area contributed by atoms with Crippen LogP contribution in [-0.2, 0) is 29.2 Å². The van der Waals surface area contributed by atoms with Gasteiger partial charge in [0.05, 0.1) is 37.9 Å². The molecule has 0 amide bonds. The van der Waals surface area contributed by atoms with Gasteiger partial charge in [-0.1, -0.05) is 14.5 Å². The molecule has 0 spiro atoms. The van der Waals surface area contributed by atoms with E-state index in [4.69, 9.17) is 0 Å². The van der Waals surface area contributed by atoms with Gasteiger partial charge in [-0.3, -0.25) is 0 Å². The van der Waals surface area contributed by atoms with Gasteiger partial charge in [0.15, 0.2) is 37.3 Å². The van der Waals surface area contributed by atoms with E-state index in [1.807, 2.05) is 0 Å². The standard InChI is InChI=1S/C16H14F2N4O4S3/c17-12-2-1-3-13(18)16(12)29(25,26)22-8-6-21(7-9-22)28(23,24)11-4-5-14-15(10-11)20-27-19-14/h1-5,10H,6-9H2. The number of hydrogen-bond acceptors (Lipinski definition) is 7. The molecule has 2 heterocycles. The van der Waals surface area contributed by atoms with Crippen LogP contribution in [0.15, 0.2) is 46.2 Å². The van der Waals surface area contributed by atoms with Crippen molar-refractivity contribution in [3.05, 3.63) is 48.0 Å². The van der Waals surface area contributed by atoms with Crippen molar-refractivity contribution < 1.29 is 26.3 Å². The highest BCUT2D eigenvalue weighted by atomic mass is 32.3. The van der Waals surface area contributed by atoms with Crippen LogP contribution >= 0.6 is 11.7 Å². The van der Waals surface area contributed by atoms with E-state index in [9.17, 15) is 26.3 Å². The summed E-state index contributed by atoms with van der Waals surface area (Å²) in [6.07, 6.45) is 0. The Kier molecular flexibility index (Phi) is 5.31. The molecule has 1 saturated heterocycles. The van der Waals surface area contributed by atoms with Crippen LogP contribution in [0.4, 0.5) is 8.78 Å². The third-order valence-electron chi connectivity index (χ3n) is 4.58. The third kappa shape index (κ3) is 3.63. The van der Waals surface area contributed by atoms with Crippen molar-refractivity contribution in [3.63, 3.8) is 0 Å². The summed E-state index contributed by atoms with van der Waals surface area (Å²) in [5.74, 6) is -2.38. The molecule has 4 rings (SSSR count). The second-order valence-electron chi connectivity index (χ2n) is 6.27. The zero-order valence-electron chi connectivity index (χ0n) is 14.7. The Labute approximate surface area is 171 Å². The Morgan fingerprint density at radius 3 is 2.03 bits per heavy atom. The zero-order valence-corrected chi connectivity index (χ0v) is 17.1. The summed E-state index contributed by atoms with van der Waals surface area (Å²) in [5, 5.41) is 0. The van der Waals surface area contributed by atoms with Gasteiger partial charge in [0.2, 0.25) is 4.90 Å². The molecule has 0 radical (unpaired) electrons. The Bertz CT molecular complexity index is 1150. The second-order valence-corrected chi connectivity index (χ2v) is 10.6. The van der Waals surface area contributed by atoms with Crippen molar-refractivity contribution in [2.45, 2.75) is 9.79 Å². The highest BCUT2D eigenvalue weighted by Crippen LogP contribution is 2.30. The summed E-state index contributed by atoms with van der Waals surface area (Å²) in [7, 11) is -8.31. The fraction of sp³-hybridized carbons (Fsp3) is 0.250. The van der Waals surface area contributed by atoms with Crippen molar-refractivity contribution in [2.24, 2.45) is 0 Å². The Hall–Kier alpha value is -1.74. The van der Waals surface area contributed by atoms with E-state index in [1.54, 1.807) is 6.07 Å². The van der Waals surface area contributed by atoms with E-state index < -0.39 is 37.3 Å². The second kappa shape index (κ2) is 7.50. The van der Waals surface area contributed by atoms with Crippen LogP contribution in [0.25, 0.3) is 11.0 Å². The maximum Gasteiger partial charge on any atom is 0.246 e. The largest absolute Gasteiger partial charge is 0.593 e. The smallest absolute Gasteiger partial charge is 0.246 e. The van der Waals surface area contributed by atoms with Crippen molar-refractivity contribution >= 4 is 43.6 Å². The molecule has 3 aromatic rings. The van der Waals surface area contributed by atoms with E-state index in [0.717, 1.165) is 38.5 Å². The molecule has 2 unspecified atom stereocenters. The molecule has 0 saturated carbocycles. The number of hydrogen-bond donors (Lipinski definition) is 0. The maximum atomic E-state index is 13.9. The highest BCUT2D eigenvalue weighted by Gasteiger charge is 2.42. The van der Waals surface area contributed by atoms with Gasteiger partial charge in [-0.15, -0.1) is 8.61 Å². The SMILES string of the molecule is O=[S+]([O-])(c1ccc2nsnc2c1)N1CCN([S+](=O)([O-])c2c(F)cccc2F)CC1. The van der Waals surface area contributed by atoms with Gasteiger partial charge < -0.3 is 9.11 Å². The highest BCUT2D eigenvalue weighted by molar-refractivity contribution is 7.96. The molecule has 29 heavy (non-hydrogen) atoms. The lowest BCUT2D eigenvalue weighted by Crippen LogP contribution is -2.53. The summed E-state index contributed by atoms with van der Waals surface area (Å²) in [6, 6.07) is 7.17. The van der Waals surface area contributed by atoms with E-state index in [0.29, 0.717) is 11.0 Å². The predicted octanol–water partition coefficient (Wildman–Crippen LogP) is 2.09. The van der Waals surface area contributed by atoms with Crippen LogP contribution in [0.3, 0.4) is 0 Å². The zero-order chi connectivity index (χ0) is 20.8. The van der Waals surface area contributed by atoms with Crippen LogP contribution in [0.2, 0.25) is 0 Å². The van der Waals surface area contributed by atoms with Crippen LogP contribution in [-0.4, -0.2) is 52.6 Å². The summed E-state index contributed by atoms with van der Waals surface area (Å²) in [5.41, 5.74) is 1.03. The summed E-state index contributed by atoms with van der Waals surface area (Å²) in [6.45, 7) is -0.748. The van der Waals surface area contributed by atoms with E-state index in [-0.39, 0.29) is 31.1 Å². The Balaban J connectivity index is 1.54. The molecule has 0 aliphatic carbocycles. The lowest BCUT2D eigenvalue weighted by molar-refractivity contribution is 0.240. The van der Waals surface area contributed by atoms with Crippen molar-refractivity contribution in [2.75, 3.05) is 26.2 Å². The lowest BCUT2D eigenvalue weighted by atomic mass is 10.3. The average Bonchev–Trinajstić information content (AvgIpc) is 3.15. The first-order valence-corrected chi connectivity index (χ1v) is 12.0. The summed E-state index contributed by atoms with van der Waals surface area (Å²) in [4.78, 5) is -1.01. The van der Waals surface area contributed by atoms with Gasteiger partial charge in [0.25, 0.3) is 0 Å². The fourth-order valence-corrected chi connectivity index (χ4v) is 6.57. The quantitative estimate of drug-likeness (QED) is 0.551. The summed E-state index contributed by atoms with van der Waals surface area (Å²) >= 11 is 0.968. The van der Waals surface area contributed by atoms with Gasteiger partial charge in [-0.05, 0) is 24.3 Å². The Morgan fingerprint density at radius 1 is 0.862 bits per heavy atom. The minimum absolute atomic E-state index is 0.0224. The molecule has 154 valence electrons. The molecular weight excluding hydrogens is 446 g/mol. The molecule has 1 aromatic heterocycles. The molecule has 8 nitrogen and oxygen atoms in total. The molecular formula is C16H14F2N4O4S3. The first kappa shape index (κ1) is 20.5. The van der Waals surface area contributed by atoms with Gasteiger partial charge in [0.1, 0.15) is 11.0 Å². The van der Waals surface area contributed by atoms with E-state index >= 15 is 0 Å². The van der Waals surface area contributed by atoms with Gasteiger partial charge >= 0.3 is 0 Å². The molecule has 1 fully saturated rings. The van der Waals surface area contributed by atoms with Gasteiger partial charge in [0, 0.05) is 6.07 Å². The lowest BCUT2D eigenvalue weighted by Gasteiger charge is -2.36. The van der Waals surface area contributed by atoms with Crippen molar-refractivity contribution in [3.8, 4) is 0 Å². The number of sulfonamides is 2. The van der Waals surface area contributed by atoms with Crippen molar-refractivity contribution in [1.29, 1.82) is 0 Å². The van der Waals surface area contributed by atoms with Crippen LogP contribution in [0.1, 0.15) is 0 Å². The molecule has 1 aliphatic rings. The molecule has 2 atom stereocenters. The van der Waals surface area contributed by atoms with Gasteiger partial charge in [-0.2, -0.15) is 8.75 Å². The minimum Gasteiger partial charge on any atom is -0.593 e. The van der Waals surface area contributed by atoms with Crippen LogP contribution in [0, 0.1) is 11.6 Å². The predicted molar refractivity (Wildman–Crippen MR) is 101 cm³/mol. The maximum absolute atomic E-state index is 13.9. The number of rotatable bonds is 4. The minimum atomic E-state index is -4.43.